The Morgan fingerprint density at radius 2 is 2.32 bits per heavy atom. The van der Waals surface area contributed by atoms with Gasteiger partial charge in [0.1, 0.15) is 0 Å². The maximum absolute atomic E-state index is 12.6. The first-order valence-electron chi connectivity index (χ1n) is 7.35. The molecule has 2 N–H and O–H groups in total. The van der Waals surface area contributed by atoms with Gasteiger partial charge in [-0.2, -0.15) is 5.10 Å². The Hall–Kier alpha value is -1.36. The van der Waals surface area contributed by atoms with Crippen LogP contribution in [-0.2, 0) is 13.0 Å². The molecule has 1 fully saturated rings. The molecule has 1 aliphatic heterocycles. The number of carbonyl (C=O) groups excluding carboxylic acids is 1. The first-order valence-corrected chi connectivity index (χ1v) is 7.35. The second-order valence-electron chi connectivity index (χ2n) is 5.65. The summed E-state index contributed by atoms with van der Waals surface area (Å²) in [6.07, 6.45) is 4.48. The van der Waals surface area contributed by atoms with Crippen molar-refractivity contribution in [2.45, 2.75) is 39.2 Å². The van der Waals surface area contributed by atoms with E-state index in [1.165, 1.54) is 12.8 Å². The first kappa shape index (κ1) is 12.7. The molecule has 0 spiro atoms. The van der Waals surface area contributed by atoms with Gasteiger partial charge in [-0.3, -0.25) is 9.89 Å². The second kappa shape index (κ2) is 5.33. The van der Waals surface area contributed by atoms with E-state index in [1.807, 2.05) is 4.90 Å². The minimum absolute atomic E-state index is 0.106. The zero-order chi connectivity index (χ0) is 13.2. The van der Waals surface area contributed by atoms with Crippen LogP contribution in [0, 0.1) is 5.92 Å². The fraction of sp³-hybridized carbons (Fsp3) is 0.714. The zero-order valence-electron chi connectivity index (χ0n) is 11.5. The second-order valence-corrected chi connectivity index (χ2v) is 5.65. The van der Waals surface area contributed by atoms with Crippen molar-refractivity contribution in [1.82, 2.24) is 20.4 Å². The van der Waals surface area contributed by atoms with Gasteiger partial charge in [0.15, 0.2) is 5.69 Å². The Morgan fingerprint density at radius 1 is 1.47 bits per heavy atom. The highest BCUT2D eigenvalue weighted by molar-refractivity contribution is 5.94. The molecule has 1 aliphatic carbocycles. The van der Waals surface area contributed by atoms with Crippen LogP contribution in [-0.4, -0.2) is 40.6 Å². The Bertz CT molecular complexity index is 464. The number of fused-ring (bicyclic) bond motifs is 1. The van der Waals surface area contributed by atoms with Crippen LogP contribution >= 0.6 is 0 Å². The SMILES string of the molecule is CCCN(CC1CC1)C(=O)c1n[nH]c2c1CNCC2. The number of nitrogens with zero attached hydrogens (tertiary/aromatic N) is 2. The maximum Gasteiger partial charge on any atom is 0.274 e. The molecule has 0 unspecified atom stereocenters. The van der Waals surface area contributed by atoms with E-state index < -0.39 is 0 Å². The van der Waals surface area contributed by atoms with Crippen molar-refractivity contribution in [3.05, 3.63) is 17.0 Å². The molecule has 0 saturated heterocycles. The van der Waals surface area contributed by atoms with Crippen molar-refractivity contribution < 1.29 is 4.79 Å². The van der Waals surface area contributed by atoms with Gasteiger partial charge in [-0.25, -0.2) is 0 Å². The van der Waals surface area contributed by atoms with Crippen LogP contribution in [0.2, 0.25) is 0 Å². The van der Waals surface area contributed by atoms with Crippen LogP contribution in [0.1, 0.15) is 47.9 Å². The summed E-state index contributed by atoms with van der Waals surface area (Å²) in [5.41, 5.74) is 2.84. The highest BCUT2D eigenvalue weighted by atomic mass is 16.2. The van der Waals surface area contributed by atoms with Crippen LogP contribution in [0.3, 0.4) is 0 Å². The summed E-state index contributed by atoms with van der Waals surface area (Å²) in [7, 11) is 0. The standard InChI is InChI=1S/C14H22N4O/c1-2-7-18(9-10-3-4-10)14(19)13-11-8-15-6-5-12(11)16-17-13/h10,15H,2-9H2,1H3,(H,16,17). The van der Waals surface area contributed by atoms with Crippen molar-refractivity contribution in [2.24, 2.45) is 5.92 Å². The molecule has 1 amide bonds. The zero-order valence-corrected chi connectivity index (χ0v) is 11.5. The third kappa shape index (κ3) is 2.66. The number of aromatic amines is 1. The molecule has 3 rings (SSSR count). The van der Waals surface area contributed by atoms with E-state index in [-0.39, 0.29) is 5.91 Å². The number of nitrogens with one attached hydrogen (secondary N) is 2. The van der Waals surface area contributed by atoms with E-state index >= 15 is 0 Å². The normalized spacial score (nSPS) is 18.2. The number of amides is 1. The number of hydrogen-bond donors (Lipinski definition) is 2. The molecule has 5 nitrogen and oxygen atoms in total. The Kier molecular flexibility index (Phi) is 3.55. The van der Waals surface area contributed by atoms with Gasteiger partial charge in [-0.1, -0.05) is 6.92 Å². The minimum Gasteiger partial charge on any atom is -0.337 e. The average molecular weight is 262 g/mol. The predicted molar refractivity (Wildman–Crippen MR) is 72.9 cm³/mol. The molecule has 2 heterocycles. The largest absolute Gasteiger partial charge is 0.337 e. The maximum atomic E-state index is 12.6. The third-order valence-corrected chi connectivity index (χ3v) is 3.97. The number of hydrogen-bond acceptors (Lipinski definition) is 3. The van der Waals surface area contributed by atoms with Gasteiger partial charge in [0, 0.05) is 43.9 Å². The molecule has 0 atom stereocenters. The summed E-state index contributed by atoms with van der Waals surface area (Å²) in [6.45, 7) is 5.58. The summed E-state index contributed by atoms with van der Waals surface area (Å²) in [6, 6.07) is 0. The van der Waals surface area contributed by atoms with Crippen LogP contribution in [0.15, 0.2) is 0 Å². The van der Waals surface area contributed by atoms with Crippen molar-refractivity contribution in [1.29, 1.82) is 0 Å². The van der Waals surface area contributed by atoms with Gasteiger partial charge in [-0.05, 0) is 25.2 Å². The van der Waals surface area contributed by atoms with E-state index in [4.69, 9.17) is 0 Å². The molecule has 19 heavy (non-hydrogen) atoms. The lowest BCUT2D eigenvalue weighted by Crippen LogP contribution is -2.35. The van der Waals surface area contributed by atoms with Gasteiger partial charge in [0.05, 0.1) is 0 Å². The average Bonchev–Trinajstić information content (AvgIpc) is 3.14. The Morgan fingerprint density at radius 3 is 3.05 bits per heavy atom. The van der Waals surface area contributed by atoms with Crippen molar-refractivity contribution >= 4 is 5.91 Å². The van der Waals surface area contributed by atoms with E-state index in [0.29, 0.717) is 5.69 Å². The van der Waals surface area contributed by atoms with E-state index in [9.17, 15) is 4.79 Å². The molecule has 0 radical (unpaired) electrons. The molecule has 104 valence electrons. The lowest BCUT2D eigenvalue weighted by Gasteiger charge is -2.22. The Labute approximate surface area is 113 Å². The van der Waals surface area contributed by atoms with Crippen LogP contribution in [0.4, 0.5) is 0 Å². The molecular weight excluding hydrogens is 240 g/mol. The van der Waals surface area contributed by atoms with Gasteiger partial charge >= 0.3 is 0 Å². The Balaban J connectivity index is 1.78. The molecule has 2 aliphatic rings. The predicted octanol–water partition coefficient (Wildman–Crippen LogP) is 1.32. The summed E-state index contributed by atoms with van der Waals surface area (Å²) in [4.78, 5) is 14.6. The monoisotopic (exact) mass is 262 g/mol. The minimum atomic E-state index is 0.106. The van der Waals surface area contributed by atoms with Crippen molar-refractivity contribution in [3.63, 3.8) is 0 Å². The van der Waals surface area contributed by atoms with E-state index in [0.717, 1.165) is 56.2 Å². The molecular formula is C14H22N4O. The lowest BCUT2D eigenvalue weighted by atomic mass is 10.1. The highest BCUT2D eigenvalue weighted by Crippen LogP contribution is 2.30. The summed E-state index contributed by atoms with van der Waals surface area (Å²) < 4.78 is 0. The molecule has 0 bridgehead atoms. The molecule has 5 heteroatoms. The van der Waals surface area contributed by atoms with Gasteiger partial charge in [0.2, 0.25) is 0 Å². The van der Waals surface area contributed by atoms with E-state index in [2.05, 4.69) is 22.4 Å². The number of H-pyrrole nitrogens is 1. The van der Waals surface area contributed by atoms with Crippen molar-refractivity contribution in [3.8, 4) is 0 Å². The van der Waals surface area contributed by atoms with Crippen LogP contribution in [0.25, 0.3) is 0 Å². The number of carbonyl (C=O) groups is 1. The van der Waals surface area contributed by atoms with E-state index in [1.54, 1.807) is 0 Å². The molecule has 1 aromatic rings. The summed E-state index contributed by atoms with van der Waals surface area (Å²) in [5.74, 6) is 0.832. The smallest absolute Gasteiger partial charge is 0.274 e. The van der Waals surface area contributed by atoms with Crippen molar-refractivity contribution in [2.75, 3.05) is 19.6 Å². The lowest BCUT2D eigenvalue weighted by molar-refractivity contribution is 0.0740. The molecule has 0 aromatic carbocycles. The fourth-order valence-corrected chi connectivity index (χ4v) is 2.71. The first-order chi connectivity index (χ1) is 9.29. The molecule has 1 saturated carbocycles. The third-order valence-electron chi connectivity index (χ3n) is 3.97. The van der Waals surface area contributed by atoms with Crippen LogP contribution < -0.4 is 5.32 Å². The topological polar surface area (TPSA) is 61.0 Å². The summed E-state index contributed by atoms with van der Waals surface area (Å²) >= 11 is 0. The quantitative estimate of drug-likeness (QED) is 0.841. The fourth-order valence-electron chi connectivity index (χ4n) is 2.71. The number of aromatic nitrogens is 2. The van der Waals surface area contributed by atoms with Gasteiger partial charge in [0.25, 0.3) is 5.91 Å². The van der Waals surface area contributed by atoms with Gasteiger partial charge < -0.3 is 10.2 Å². The number of rotatable bonds is 5. The van der Waals surface area contributed by atoms with Gasteiger partial charge in [-0.15, -0.1) is 0 Å². The summed E-state index contributed by atoms with van der Waals surface area (Å²) in [5, 5.41) is 10.6. The highest BCUT2D eigenvalue weighted by Gasteiger charge is 2.30. The molecule has 1 aromatic heterocycles. The van der Waals surface area contributed by atoms with Crippen LogP contribution in [0.5, 0.6) is 0 Å².